The van der Waals surface area contributed by atoms with Gasteiger partial charge < -0.3 is 10.2 Å². The third-order valence-corrected chi connectivity index (χ3v) is 2.60. The Labute approximate surface area is 100 Å². The molecule has 17 heavy (non-hydrogen) atoms. The minimum absolute atomic E-state index is 0.128. The van der Waals surface area contributed by atoms with Crippen molar-refractivity contribution in [2.24, 2.45) is 0 Å². The standard InChI is InChI=1S/C15H14O2/c16-11-14-13(7-4-8-15(14)17)10-9-12-5-2-1-3-6-12/h1-10,16-17H,11H2/b10-9+. The van der Waals surface area contributed by atoms with E-state index in [1.807, 2.05) is 48.6 Å². The van der Waals surface area contributed by atoms with Crippen molar-refractivity contribution in [1.82, 2.24) is 0 Å². The van der Waals surface area contributed by atoms with Gasteiger partial charge >= 0.3 is 0 Å². The first-order chi connectivity index (χ1) is 8.31. The molecule has 0 aromatic heterocycles. The fourth-order valence-electron chi connectivity index (χ4n) is 1.67. The topological polar surface area (TPSA) is 40.5 Å². The van der Waals surface area contributed by atoms with Gasteiger partial charge in [0, 0.05) is 5.56 Å². The zero-order valence-corrected chi connectivity index (χ0v) is 9.38. The van der Waals surface area contributed by atoms with Crippen LogP contribution in [0.3, 0.4) is 0 Å². The summed E-state index contributed by atoms with van der Waals surface area (Å²) in [4.78, 5) is 0. The Morgan fingerprint density at radius 1 is 0.882 bits per heavy atom. The maximum Gasteiger partial charge on any atom is 0.121 e. The Balaban J connectivity index is 2.30. The Morgan fingerprint density at radius 2 is 1.65 bits per heavy atom. The zero-order valence-electron chi connectivity index (χ0n) is 9.38. The van der Waals surface area contributed by atoms with Gasteiger partial charge in [-0.05, 0) is 17.2 Å². The van der Waals surface area contributed by atoms with Gasteiger partial charge in [0.1, 0.15) is 5.75 Å². The fraction of sp³-hybridized carbons (Fsp3) is 0.0667. The second-order valence-electron chi connectivity index (χ2n) is 3.75. The first-order valence-corrected chi connectivity index (χ1v) is 5.46. The maximum absolute atomic E-state index is 9.59. The van der Waals surface area contributed by atoms with Crippen molar-refractivity contribution in [3.8, 4) is 5.75 Å². The molecule has 2 nitrogen and oxygen atoms in total. The minimum atomic E-state index is -0.166. The highest BCUT2D eigenvalue weighted by Gasteiger charge is 2.03. The number of hydrogen-bond acceptors (Lipinski definition) is 2. The normalized spacial score (nSPS) is 10.9. The highest BCUT2D eigenvalue weighted by Crippen LogP contribution is 2.22. The summed E-state index contributed by atoms with van der Waals surface area (Å²) in [5, 5.41) is 18.8. The molecule has 0 saturated heterocycles. The minimum Gasteiger partial charge on any atom is -0.508 e. The van der Waals surface area contributed by atoms with Gasteiger partial charge in [-0.25, -0.2) is 0 Å². The Hall–Kier alpha value is -2.06. The molecule has 2 aromatic carbocycles. The van der Waals surface area contributed by atoms with E-state index in [4.69, 9.17) is 0 Å². The number of aromatic hydroxyl groups is 1. The SMILES string of the molecule is OCc1c(O)cccc1/C=C/c1ccccc1. The number of aliphatic hydroxyl groups excluding tert-OH is 1. The van der Waals surface area contributed by atoms with Gasteiger partial charge in [0.05, 0.1) is 6.61 Å². The summed E-state index contributed by atoms with van der Waals surface area (Å²) in [6.45, 7) is -0.166. The van der Waals surface area contributed by atoms with Crippen LogP contribution < -0.4 is 0 Å². The van der Waals surface area contributed by atoms with E-state index in [-0.39, 0.29) is 12.4 Å². The molecule has 0 aliphatic rings. The first kappa shape index (κ1) is 11.4. The average Bonchev–Trinajstić information content (AvgIpc) is 2.37. The summed E-state index contributed by atoms with van der Waals surface area (Å²) in [5.41, 5.74) is 2.47. The van der Waals surface area contributed by atoms with Crippen molar-refractivity contribution in [2.75, 3.05) is 0 Å². The number of benzene rings is 2. The summed E-state index contributed by atoms with van der Waals surface area (Å²) in [6.07, 6.45) is 3.84. The fourth-order valence-corrected chi connectivity index (χ4v) is 1.67. The monoisotopic (exact) mass is 226 g/mol. The van der Waals surface area contributed by atoms with Gasteiger partial charge in [-0.3, -0.25) is 0 Å². The Bertz CT molecular complexity index is 516. The molecule has 0 atom stereocenters. The largest absolute Gasteiger partial charge is 0.508 e. The van der Waals surface area contributed by atoms with Crippen LogP contribution in [0.2, 0.25) is 0 Å². The van der Waals surface area contributed by atoms with E-state index in [1.54, 1.807) is 12.1 Å². The predicted molar refractivity (Wildman–Crippen MR) is 69.4 cm³/mol. The number of hydrogen-bond donors (Lipinski definition) is 2. The van der Waals surface area contributed by atoms with Gasteiger partial charge in [0.15, 0.2) is 0 Å². The lowest BCUT2D eigenvalue weighted by atomic mass is 10.1. The van der Waals surface area contributed by atoms with Gasteiger partial charge in [-0.2, -0.15) is 0 Å². The number of rotatable bonds is 3. The molecule has 0 heterocycles. The molecule has 0 spiro atoms. The van der Waals surface area contributed by atoms with E-state index < -0.39 is 0 Å². The van der Waals surface area contributed by atoms with Crippen LogP contribution in [-0.2, 0) is 6.61 Å². The van der Waals surface area contributed by atoms with Crippen molar-refractivity contribution in [3.63, 3.8) is 0 Å². The molecular formula is C15H14O2. The first-order valence-electron chi connectivity index (χ1n) is 5.46. The van der Waals surface area contributed by atoms with E-state index >= 15 is 0 Å². The van der Waals surface area contributed by atoms with E-state index in [0.29, 0.717) is 5.56 Å². The third kappa shape index (κ3) is 2.74. The van der Waals surface area contributed by atoms with Crippen LogP contribution in [-0.4, -0.2) is 10.2 Å². The summed E-state index contributed by atoms with van der Waals surface area (Å²) in [5.74, 6) is 0.128. The van der Waals surface area contributed by atoms with Gasteiger partial charge in [-0.1, -0.05) is 54.6 Å². The van der Waals surface area contributed by atoms with Crippen LogP contribution in [0.15, 0.2) is 48.5 Å². The molecule has 86 valence electrons. The van der Waals surface area contributed by atoms with Gasteiger partial charge in [0.2, 0.25) is 0 Å². The molecule has 0 bridgehead atoms. The molecule has 2 aromatic rings. The molecular weight excluding hydrogens is 212 g/mol. The number of phenols is 1. The highest BCUT2D eigenvalue weighted by atomic mass is 16.3. The lowest BCUT2D eigenvalue weighted by molar-refractivity contribution is 0.275. The summed E-state index contributed by atoms with van der Waals surface area (Å²) in [7, 11) is 0. The van der Waals surface area contributed by atoms with Crippen molar-refractivity contribution < 1.29 is 10.2 Å². The van der Waals surface area contributed by atoms with Crippen molar-refractivity contribution in [3.05, 3.63) is 65.2 Å². The van der Waals surface area contributed by atoms with Crippen LogP contribution in [0.4, 0.5) is 0 Å². The Kier molecular flexibility index (Phi) is 3.58. The molecule has 0 amide bonds. The molecule has 0 radical (unpaired) electrons. The summed E-state index contributed by atoms with van der Waals surface area (Å²) >= 11 is 0. The summed E-state index contributed by atoms with van der Waals surface area (Å²) in [6, 6.07) is 15.1. The molecule has 2 rings (SSSR count). The van der Waals surface area contributed by atoms with Crippen molar-refractivity contribution >= 4 is 12.2 Å². The van der Waals surface area contributed by atoms with E-state index in [9.17, 15) is 10.2 Å². The quantitative estimate of drug-likeness (QED) is 0.790. The summed E-state index contributed by atoms with van der Waals surface area (Å²) < 4.78 is 0. The average molecular weight is 226 g/mol. The predicted octanol–water partition coefficient (Wildman–Crippen LogP) is 3.05. The van der Waals surface area contributed by atoms with Crippen molar-refractivity contribution in [1.29, 1.82) is 0 Å². The smallest absolute Gasteiger partial charge is 0.121 e. The third-order valence-electron chi connectivity index (χ3n) is 2.60. The van der Waals surface area contributed by atoms with E-state index in [2.05, 4.69) is 0 Å². The molecule has 0 saturated carbocycles. The van der Waals surface area contributed by atoms with Crippen LogP contribution in [0, 0.1) is 0 Å². The highest BCUT2D eigenvalue weighted by molar-refractivity contribution is 5.72. The van der Waals surface area contributed by atoms with Crippen LogP contribution in [0.5, 0.6) is 5.75 Å². The molecule has 0 aliphatic carbocycles. The van der Waals surface area contributed by atoms with Crippen LogP contribution in [0.25, 0.3) is 12.2 Å². The molecule has 2 heteroatoms. The number of aliphatic hydroxyl groups is 1. The van der Waals surface area contributed by atoms with Crippen molar-refractivity contribution in [2.45, 2.75) is 6.61 Å². The lowest BCUT2D eigenvalue weighted by Crippen LogP contribution is -1.88. The zero-order chi connectivity index (χ0) is 12.1. The van der Waals surface area contributed by atoms with Gasteiger partial charge in [-0.15, -0.1) is 0 Å². The van der Waals surface area contributed by atoms with E-state index in [1.165, 1.54) is 0 Å². The lowest BCUT2D eigenvalue weighted by Gasteiger charge is -2.04. The molecule has 2 N–H and O–H groups in total. The van der Waals surface area contributed by atoms with E-state index in [0.717, 1.165) is 11.1 Å². The second kappa shape index (κ2) is 5.32. The molecule has 0 unspecified atom stereocenters. The maximum atomic E-state index is 9.59. The molecule has 0 fully saturated rings. The van der Waals surface area contributed by atoms with Crippen LogP contribution >= 0.6 is 0 Å². The second-order valence-corrected chi connectivity index (χ2v) is 3.75. The Morgan fingerprint density at radius 3 is 2.35 bits per heavy atom. The van der Waals surface area contributed by atoms with Crippen LogP contribution in [0.1, 0.15) is 16.7 Å². The molecule has 0 aliphatic heterocycles. The van der Waals surface area contributed by atoms with Gasteiger partial charge in [0.25, 0.3) is 0 Å².